The Bertz CT molecular complexity index is 980. The van der Waals surface area contributed by atoms with Crippen LogP contribution in [0.5, 0.6) is 5.75 Å². The van der Waals surface area contributed by atoms with Crippen LogP contribution in [0.4, 0.5) is 5.69 Å². The lowest BCUT2D eigenvalue weighted by Gasteiger charge is -2.20. The molecule has 3 rings (SSSR count). The standard InChI is InChI=1S/C18H14ClNO4/c1-20(15-9-11(19)7-8-16(15)23-2)17(21)14-10-24-18(22)13-6-4-3-5-12(13)14/h3-10H,1-2H3. The van der Waals surface area contributed by atoms with E-state index in [4.69, 9.17) is 20.8 Å². The molecule has 1 amide bonds. The van der Waals surface area contributed by atoms with Gasteiger partial charge in [-0.1, -0.05) is 29.8 Å². The summed E-state index contributed by atoms with van der Waals surface area (Å²) in [5.41, 5.74) is 0.324. The van der Waals surface area contributed by atoms with Crippen LogP contribution in [0, 0.1) is 0 Å². The molecule has 0 fully saturated rings. The van der Waals surface area contributed by atoms with E-state index in [-0.39, 0.29) is 11.5 Å². The van der Waals surface area contributed by atoms with Gasteiger partial charge in [0.1, 0.15) is 12.0 Å². The SMILES string of the molecule is COc1ccc(Cl)cc1N(C)C(=O)c1coc(=O)c2ccccc12. The van der Waals surface area contributed by atoms with Crippen LogP contribution < -0.4 is 15.3 Å². The summed E-state index contributed by atoms with van der Waals surface area (Å²) in [6, 6.07) is 11.8. The molecule has 122 valence electrons. The van der Waals surface area contributed by atoms with Crippen LogP contribution >= 0.6 is 11.6 Å². The van der Waals surface area contributed by atoms with Gasteiger partial charge >= 0.3 is 5.63 Å². The number of fused-ring (bicyclic) bond motifs is 1. The van der Waals surface area contributed by atoms with Crippen molar-refractivity contribution >= 4 is 34.0 Å². The first kappa shape index (κ1) is 16.1. The molecule has 0 atom stereocenters. The molecule has 5 nitrogen and oxygen atoms in total. The maximum atomic E-state index is 12.9. The molecule has 0 spiro atoms. The van der Waals surface area contributed by atoms with Crippen LogP contribution in [0.3, 0.4) is 0 Å². The first-order valence-corrected chi connectivity index (χ1v) is 7.53. The van der Waals surface area contributed by atoms with Gasteiger partial charge < -0.3 is 14.1 Å². The molecule has 0 aliphatic rings. The zero-order valence-corrected chi connectivity index (χ0v) is 13.8. The van der Waals surface area contributed by atoms with Crippen molar-refractivity contribution in [2.75, 3.05) is 19.1 Å². The van der Waals surface area contributed by atoms with Crippen LogP contribution in [0.2, 0.25) is 5.02 Å². The summed E-state index contributed by atoms with van der Waals surface area (Å²) in [6.07, 6.45) is 1.18. The Kier molecular flexibility index (Phi) is 4.27. The van der Waals surface area contributed by atoms with Crippen molar-refractivity contribution in [3.8, 4) is 5.75 Å². The summed E-state index contributed by atoms with van der Waals surface area (Å²) in [7, 11) is 3.12. The van der Waals surface area contributed by atoms with Gasteiger partial charge in [0.05, 0.1) is 23.7 Å². The molecule has 0 radical (unpaired) electrons. The number of benzene rings is 2. The summed E-state index contributed by atoms with van der Waals surface area (Å²) in [5.74, 6) is 0.174. The molecule has 24 heavy (non-hydrogen) atoms. The lowest BCUT2D eigenvalue weighted by molar-refractivity contribution is 0.0992. The molecule has 1 aromatic heterocycles. The van der Waals surface area contributed by atoms with Crippen molar-refractivity contribution in [2.24, 2.45) is 0 Å². The summed E-state index contributed by atoms with van der Waals surface area (Å²) in [6.45, 7) is 0. The molecule has 1 heterocycles. The number of amides is 1. The minimum absolute atomic E-state index is 0.287. The molecule has 0 unspecified atom stereocenters. The topological polar surface area (TPSA) is 59.8 Å². The van der Waals surface area contributed by atoms with Gasteiger partial charge in [-0.2, -0.15) is 0 Å². The number of hydrogen-bond acceptors (Lipinski definition) is 4. The molecular weight excluding hydrogens is 330 g/mol. The first-order chi connectivity index (χ1) is 11.5. The number of nitrogens with zero attached hydrogens (tertiary/aromatic N) is 1. The quantitative estimate of drug-likeness (QED) is 0.727. The Hall–Kier alpha value is -2.79. The fourth-order valence-electron chi connectivity index (χ4n) is 2.52. The van der Waals surface area contributed by atoms with E-state index >= 15 is 0 Å². The fourth-order valence-corrected chi connectivity index (χ4v) is 2.68. The number of carbonyl (C=O) groups excluding carboxylic acids is 1. The average molecular weight is 344 g/mol. The number of halogens is 1. The van der Waals surface area contributed by atoms with Crippen LogP contribution in [-0.2, 0) is 0 Å². The monoisotopic (exact) mass is 343 g/mol. The molecular formula is C18H14ClNO4. The molecule has 3 aromatic rings. The zero-order chi connectivity index (χ0) is 17.3. The van der Waals surface area contributed by atoms with E-state index in [2.05, 4.69) is 0 Å². The van der Waals surface area contributed by atoms with Gasteiger partial charge in [-0.15, -0.1) is 0 Å². The largest absolute Gasteiger partial charge is 0.495 e. The molecule has 6 heteroatoms. The Labute approximate surface area is 143 Å². The van der Waals surface area contributed by atoms with Gasteiger partial charge in [-0.05, 0) is 24.3 Å². The number of anilines is 1. The van der Waals surface area contributed by atoms with Crippen LogP contribution in [0.15, 0.2) is 57.9 Å². The van der Waals surface area contributed by atoms with E-state index in [1.54, 1.807) is 49.5 Å². The van der Waals surface area contributed by atoms with Crippen molar-refractivity contribution < 1.29 is 13.9 Å². The highest BCUT2D eigenvalue weighted by Crippen LogP contribution is 2.32. The molecule has 0 saturated heterocycles. The summed E-state index contributed by atoms with van der Waals surface area (Å²) < 4.78 is 10.3. The minimum atomic E-state index is -0.481. The second-order valence-electron chi connectivity index (χ2n) is 5.16. The number of rotatable bonds is 3. The van der Waals surface area contributed by atoms with Gasteiger partial charge in [0.15, 0.2) is 0 Å². The molecule has 2 aromatic carbocycles. The van der Waals surface area contributed by atoms with Gasteiger partial charge in [0.25, 0.3) is 5.91 Å². The van der Waals surface area contributed by atoms with Crippen LogP contribution in [-0.4, -0.2) is 20.1 Å². The Balaban J connectivity index is 2.12. The lowest BCUT2D eigenvalue weighted by Crippen LogP contribution is -2.27. The minimum Gasteiger partial charge on any atom is -0.495 e. The second-order valence-corrected chi connectivity index (χ2v) is 5.60. The molecule has 0 aliphatic carbocycles. The number of carbonyl (C=O) groups is 1. The third kappa shape index (κ3) is 2.74. The van der Waals surface area contributed by atoms with Gasteiger partial charge in [0.2, 0.25) is 0 Å². The smallest absolute Gasteiger partial charge is 0.343 e. The Morgan fingerprint density at radius 3 is 2.58 bits per heavy atom. The van der Waals surface area contributed by atoms with E-state index < -0.39 is 5.63 Å². The van der Waals surface area contributed by atoms with E-state index in [1.807, 2.05) is 0 Å². The zero-order valence-electron chi connectivity index (χ0n) is 13.1. The van der Waals surface area contributed by atoms with Crippen molar-refractivity contribution in [1.82, 2.24) is 0 Å². The van der Waals surface area contributed by atoms with Crippen molar-refractivity contribution in [3.63, 3.8) is 0 Å². The molecule has 0 bridgehead atoms. The normalized spacial score (nSPS) is 10.6. The predicted molar refractivity (Wildman–Crippen MR) is 93.2 cm³/mol. The molecule has 0 saturated carbocycles. The van der Waals surface area contributed by atoms with Crippen molar-refractivity contribution in [3.05, 3.63) is 69.7 Å². The summed E-state index contributed by atoms with van der Waals surface area (Å²) >= 11 is 6.03. The maximum Gasteiger partial charge on any atom is 0.343 e. The highest BCUT2D eigenvalue weighted by molar-refractivity contribution is 6.31. The lowest BCUT2D eigenvalue weighted by atomic mass is 10.1. The van der Waals surface area contributed by atoms with E-state index in [1.165, 1.54) is 18.3 Å². The first-order valence-electron chi connectivity index (χ1n) is 7.15. The van der Waals surface area contributed by atoms with Crippen molar-refractivity contribution in [1.29, 1.82) is 0 Å². The molecule has 0 aliphatic heterocycles. The fraction of sp³-hybridized carbons (Fsp3) is 0.111. The Morgan fingerprint density at radius 1 is 1.17 bits per heavy atom. The Morgan fingerprint density at radius 2 is 1.88 bits per heavy atom. The third-order valence-corrected chi connectivity index (χ3v) is 3.99. The maximum absolute atomic E-state index is 12.9. The van der Waals surface area contributed by atoms with Gasteiger partial charge in [-0.3, -0.25) is 4.79 Å². The number of ether oxygens (including phenoxy) is 1. The van der Waals surface area contributed by atoms with Gasteiger partial charge in [0, 0.05) is 17.5 Å². The average Bonchev–Trinajstić information content (AvgIpc) is 2.61. The second kappa shape index (κ2) is 6.37. The van der Waals surface area contributed by atoms with E-state index in [0.717, 1.165) is 0 Å². The number of hydrogen-bond donors (Lipinski definition) is 0. The highest BCUT2D eigenvalue weighted by atomic mass is 35.5. The highest BCUT2D eigenvalue weighted by Gasteiger charge is 2.21. The summed E-state index contributed by atoms with van der Waals surface area (Å²) in [4.78, 5) is 26.1. The van der Waals surface area contributed by atoms with Gasteiger partial charge in [-0.25, -0.2) is 4.79 Å². The number of methoxy groups -OCH3 is 1. The van der Waals surface area contributed by atoms with Crippen LogP contribution in [0.25, 0.3) is 10.8 Å². The molecule has 0 N–H and O–H groups in total. The summed E-state index contributed by atoms with van der Waals surface area (Å²) in [5, 5.41) is 1.37. The van der Waals surface area contributed by atoms with E-state index in [0.29, 0.717) is 27.2 Å². The van der Waals surface area contributed by atoms with Crippen LogP contribution in [0.1, 0.15) is 10.4 Å². The van der Waals surface area contributed by atoms with Crippen molar-refractivity contribution in [2.45, 2.75) is 0 Å². The third-order valence-electron chi connectivity index (χ3n) is 3.76. The van der Waals surface area contributed by atoms with E-state index in [9.17, 15) is 9.59 Å². The predicted octanol–water partition coefficient (Wildman–Crippen LogP) is 3.73.